The molecule has 0 rings (SSSR count). The van der Waals surface area contributed by atoms with Crippen molar-refractivity contribution in [3.63, 3.8) is 0 Å². The van der Waals surface area contributed by atoms with Gasteiger partial charge >= 0.3 is 0 Å². The number of aliphatic hydroxyl groups excluding tert-OH is 1. The number of hydrogen-bond acceptors (Lipinski definition) is 2. The predicted octanol–water partition coefficient (Wildman–Crippen LogP) is 0.477. The lowest BCUT2D eigenvalue weighted by atomic mass is 10.3. The highest BCUT2D eigenvalue weighted by Crippen LogP contribution is 2.01. The zero-order chi connectivity index (χ0) is 5.86. The van der Waals surface area contributed by atoms with Crippen molar-refractivity contribution in [3.05, 3.63) is 0 Å². The highest BCUT2D eigenvalue weighted by Gasteiger charge is 2.05. The molecule has 0 aromatic heterocycles. The largest absolute Gasteiger partial charge is 0.381 e. The van der Waals surface area contributed by atoms with Crippen molar-refractivity contribution in [3.8, 4) is 0 Å². The van der Waals surface area contributed by atoms with E-state index >= 15 is 0 Å². The van der Waals surface area contributed by atoms with Crippen molar-refractivity contribution < 1.29 is 5.11 Å². The van der Waals surface area contributed by atoms with E-state index in [9.17, 15) is 0 Å². The van der Waals surface area contributed by atoms with Gasteiger partial charge in [-0.05, 0) is 29.0 Å². The van der Waals surface area contributed by atoms with Gasteiger partial charge in [-0.25, -0.2) is 0 Å². The Morgan fingerprint density at radius 3 is 2.29 bits per heavy atom. The van der Waals surface area contributed by atoms with Gasteiger partial charge in [0.15, 0.2) is 0 Å². The first kappa shape index (κ1) is 7.65. The molecule has 0 radical (unpaired) electrons. The minimum absolute atomic E-state index is 0.0550. The molecule has 0 aliphatic heterocycles. The van der Waals surface area contributed by atoms with E-state index in [1.165, 1.54) is 0 Å². The van der Waals surface area contributed by atoms with Crippen molar-refractivity contribution in [1.29, 1.82) is 0 Å². The highest BCUT2D eigenvalue weighted by atomic mass is 127. The summed E-state index contributed by atoms with van der Waals surface area (Å²) in [5.74, 6) is 0. The second-order valence-electron chi connectivity index (χ2n) is 1.44. The lowest BCUT2D eigenvalue weighted by Gasteiger charge is -2.08. The molecule has 0 amide bonds. The third-order valence-corrected chi connectivity index (χ3v) is 1.75. The lowest BCUT2D eigenvalue weighted by molar-refractivity contribution is 0.244. The minimum atomic E-state index is -0.386. The third-order valence-electron chi connectivity index (χ3n) is 0.825. The van der Waals surface area contributed by atoms with Gasteiger partial charge in [-0.15, -0.1) is 0 Å². The molecule has 44 valence electrons. The molecule has 0 fully saturated rings. The van der Waals surface area contributed by atoms with Crippen LogP contribution in [0.3, 0.4) is 0 Å². The van der Waals surface area contributed by atoms with E-state index in [4.69, 9.17) is 10.8 Å². The van der Waals surface area contributed by atoms with Crippen LogP contribution in [0.1, 0.15) is 13.3 Å². The summed E-state index contributed by atoms with van der Waals surface area (Å²) >= 11 is 1.90. The molecule has 3 heteroatoms. The standard InChI is InChI=1S/C4H10INO/c1-2-3(6)4(5)7/h3-4,7H,2,6H2,1H3. The third kappa shape index (κ3) is 3.25. The Bertz CT molecular complexity index is 49.0. The molecule has 3 N–H and O–H groups in total. The van der Waals surface area contributed by atoms with Gasteiger partial charge in [-0.2, -0.15) is 0 Å². The topological polar surface area (TPSA) is 46.2 Å². The maximum atomic E-state index is 8.68. The van der Waals surface area contributed by atoms with Gasteiger partial charge in [0.2, 0.25) is 0 Å². The summed E-state index contributed by atoms with van der Waals surface area (Å²) in [7, 11) is 0. The molecule has 0 aromatic rings. The average Bonchev–Trinajstić information content (AvgIpc) is 1.65. The Kier molecular flexibility index (Phi) is 3.96. The SMILES string of the molecule is CCC(N)C(O)I. The molecule has 0 aliphatic rings. The number of hydrogen-bond donors (Lipinski definition) is 2. The Morgan fingerprint density at radius 1 is 1.86 bits per heavy atom. The molecule has 2 atom stereocenters. The monoisotopic (exact) mass is 215 g/mol. The Hall–Kier alpha value is 0.650. The van der Waals surface area contributed by atoms with Gasteiger partial charge in [0.05, 0.1) is 0 Å². The fourth-order valence-corrected chi connectivity index (χ4v) is 0.703. The molecule has 0 bridgehead atoms. The van der Waals surface area contributed by atoms with Crippen LogP contribution in [0, 0.1) is 0 Å². The van der Waals surface area contributed by atoms with Crippen LogP contribution in [0.25, 0.3) is 0 Å². The summed E-state index contributed by atoms with van der Waals surface area (Å²) in [4.78, 5) is 0. The predicted molar refractivity (Wildman–Crippen MR) is 38.3 cm³/mol. The second kappa shape index (κ2) is 3.63. The van der Waals surface area contributed by atoms with Crippen LogP contribution < -0.4 is 5.73 Å². The van der Waals surface area contributed by atoms with E-state index in [0.717, 1.165) is 6.42 Å². The number of nitrogens with two attached hydrogens (primary N) is 1. The van der Waals surface area contributed by atoms with E-state index in [1.54, 1.807) is 0 Å². The molecular weight excluding hydrogens is 205 g/mol. The summed E-state index contributed by atoms with van der Waals surface area (Å²) in [6.45, 7) is 1.95. The summed E-state index contributed by atoms with van der Waals surface area (Å²) in [6.07, 6.45) is 0.837. The Labute approximate surface area is 57.2 Å². The summed E-state index contributed by atoms with van der Waals surface area (Å²) in [6, 6.07) is -0.0550. The van der Waals surface area contributed by atoms with Crippen LogP contribution in [0.2, 0.25) is 0 Å². The van der Waals surface area contributed by atoms with Crippen LogP contribution in [0.4, 0.5) is 0 Å². The molecule has 0 heterocycles. The van der Waals surface area contributed by atoms with Crippen LogP contribution in [0.5, 0.6) is 0 Å². The number of alkyl halides is 1. The van der Waals surface area contributed by atoms with Crippen LogP contribution >= 0.6 is 22.6 Å². The maximum Gasteiger partial charge on any atom is 0.120 e. The zero-order valence-electron chi connectivity index (χ0n) is 4.26. The van der Waals surface area contributed by atoms with Crippen LogP contribution in [0.15, 0.2) is 0 Å². The number of halogens is 1. The van der Waals surface area contributed by atoms with Crippen LogP contribution in [-0.2, 0) is 0 Å². The second-order valence-corrected chi connectivity index (χ2v) is 2.72. The van der Waals surface area contributed by atoms with Gasteiger partial charge in [-0.3, -0.25) is 0 Å². The summed E-state index contributed by atoms with van der Waals surface area (Å²) in [5, 5.41) is 8.68. The van der Waals surface area contributed by atoms with Crippen molar-refractivity contribution >= 4 is 22.6 Å². The molecule has 2 nitrogen and oxygen atoms in total. The Balaban J connectivity index is 3.14. The van der Waals surface area contributed by atoms with Gasteiger partial charge in [0, 0.05) is 6.04 Å². The number of rotatable bonds is 2. The zero-order valence-corrected chi connectivity index (χ0v) is 6.42. The molecule has 2 unspecified atom stereocenters. The van der Waals surface area contributed by atoms with E-state index in [-0.39, 0.29) is 10.2 Å². The smallest absolute Gasteiger partial charge is 0.120 e. The van der Waals surface area contributed by atoms with Crippen molar-refractivity contribution in [1.82, 2.24) is 0 Å². The van der Waals surface area contributed by atoms with E-state index in [0.29, 0.717) is 0 Å². The van der Waals surface area contributed by atoms with Crippen molar-refractivity contribution in [2.24, 2.45) is 5.73 Å². The quantitative estimate of drug-likeness (QED) is 0.519. The van der Waals surface area contributed by atoms with E-state index in [2.05, 4.69) is 0 Å². The van der Waals surface area contributed by atoms with Gasteiger partial charge in [-0.1, -0.05) is 6.92 Å². The first-order valence-electron chi connectivity index (χ1n) is 2.26. The first-order chi connectivity index (χ1) is 3.18. The highest BCUT2D eigenvalue weighted by molar-refractivity contribution is 14.1. The molecule has 0 spiro atoms. The lowest BCUT2D eigenvalue weighted by Crippen LogP contribution is -2.28. The van der Waals surface area contributed by atoms with Gasteiger partial charge in [0.1, 0.15) is 4.11 Å². The maximum absolute atomic E-state index is 8.68. The van der Waals surface area contributed by atoms with Gasteiger partial charge in [0.25, 0.3) is 0 Å². The molecular formula is C4H10INO. The first-order valence-corrected chi connectivity index (χ1v) is 3.50. The van der Waals surface area contributed by atoms with Gasteiger partial charge < -0.3 is 10.8 Å². The molecule has 0 saturated heterocycles. The number of aliphatic hydroxyl groups is 1. The molecule has 0 saturated carbocycles. The van der Waals surface area contributed by atoms with Crippen molar-refractivity contribution in [2.75, 3.05) is 0 Å². The fourth-order valence-electron chi connectivity index (χ4n) is 0.194. The Morgan fingerprint density at radius 2 is 2.29 bits per heavy atom. The molecule has 0 aromatic carbocycles. The molecule has 0 aliphatic carbocycles. The molecule has 7 heavy (non-hydrogen) atoms. The fraction of sp³-hybridized carbons (Fsp3) is 1.00. The van der Waals surface area contributed by atoms with Crippen molar-refractivity contribution in [2.45, 2.75) is 23.5 Å². The summed E-state index contributed by atoms with van der Waals surface area (Å²) in [5.41, 5.74) is 5.36. The summed E-state index contributed by atoms with van der Waals surface area (Å²) < 4.78 is -0.386. The van der Waals surface area contributed by atoms with E-state index < -0.39 is 0 Å². The normalized spacial score (nSPS) is 18.9. The van der Waals surface area contributed by atoms with E-state index in [1.807, 2.05) is 29.5 Å². The van der Waals surface area contributed by atoms with Crippen LogP contribution in [-0.4, -0.2) is 15.3 Å². The minimum Gasteiger partial charge on any atom is -0.381 e. The average molecular weight is 215 g/mol.